The Hall–Kier alpha value is -0.610. The lowest BCUT2D eigenvalue weighted by Gasteiger charge is -2.28. The zero-order chi connectivity index (χ0) is 12.7. The molecule has 0 aromatic heterocycles. The average molecular weight is 243 g/mol. The van der Waals surface area contributed by atoms with Crippen molar-refractivity contribution in [3.63, 3.8) is 0 Å². The number of aliphatic hydroxyl groups excluding tert-OH is 1. The molecule has 0 spiro atoms. The van der Waals surface area contributed by atoms with Crippen LogP contribution in [-0.4, -0.2) is 49.3 Å². The fourth-order valence-electron chi connectivity index (χ4n) is 2.59. The second kappa shape index (κ2) is 7.67. The average Bonchev–Trinajstić information content (AvgIpc) is 2.29. The number of hydrogen-bond donors (Lipinski definition) is 1. The van der Waals surface area contributed by atoms with Crippen molar-refractivity contribution in [3.05, 3.63) is 0 Å². The quantitative estimate of drug-likeness (QED) is 0.717. The largest absolute Gasteiger partial charge is 0.469 e. The van der Waals surface area contributed by atoms with Gasteiger partial charge in [0.25, 0.3) is 0 Å². The van der Waals surface area contributed by atoms with Crippen molar-refractivity contribution in [3.8, 4) is 0 Å². The zero-order valence-electron chi connectivity index (χ0n) is 11.0. The predicted octanol–water partition coefficient (Wildman–Crippen LogP) is 1.42. The van der Waals surface area contributed by atoms with Crippen molar-refractivity contribution in [2.75, 3.05) is 27.2 Å². The first-order chi connectivity index (χ1) is 8.11. The number of rotatable bonds is 6. The maximum atomic E-state index is 11.0. The molecule has 1 saturated carbocycles. The number of ether oxygens (including phenoxy) is 1. The monoisotopic (exact) mass is 243 g/mol. The molecule has 0 aromatic carbocycles. The van der Waals surface area contributed by atoms with Crippen LogP contribution in [0.3, 0.4) is 0 Å². The molecular weight excluding hydrogens is 218 g/mol. The molecule has 0 aliphatic heterocycles. The molecule has 1 rings (SSSR count). The van der Waals surface area contributed by atoms with Gasteiger partial charge in [-0.15, -0.1) is 0 Å². The van der Waals surface area contributed by atoms with Crippen LogP contribution in [0.4, 0.5) is 0 Å². The van der Waals surface area contributed by atoms with Gasteiger partial charge in [0.15, 0.2) is 0 Å². The Kier molecular flexibility index (Phi) is 6.52. The van der Waals surface area contributed by atoms with Gasteiger partial charge in [-0.1, -0.05) is 19.3 Å². The molecule has 0 amide bonds. The molecule has 1 aliphatic carbocycles. The number of esters is 1. The maximum absolute atomic E-state index is 11.0. The van der Waals surface area contributed by atoms with Crippen molar-refractivity contribution < 1.29 is 14.6 Å². The van der Waals surface area contributed by atoms with E-state index in [1.807, 2.05) is 7.05 Å². The molecule has 100 valence electrons. The van der Waals surface area contributed by atoms with Crippen LogP contribution in [0.2, 0.25) is 0 Å². The lowest BCUT2D eigenvalue weighted by Crippen LogP contribution is -2.34. The molecule has 1 N–H and O–H groups in total. The fraction of sp³-hybridized carbons (Fsp3) is 0.923. The molecule has 0 bridgehead atoms. The van der Waals surface area contributed by atoms with E-state index in [1.165, 1.54) is 39.2 Å². The van der Waals surface area contributed by atoms with Gasteiger partial charge < -0.3 is 14.7 Å². The van der Waals surface area contributed by atoms with Crippen molar-refractivity contribution >= 4 is 5.97 Å². The zero-order valence-corrected chi connectivity index (χ0v) is 11.0. The number of nitrogens with zero attached hydrogens (tertiary/aromatic N) is 1. The predicted molar refractivity (Wildman–Crippen MR) is 66.7 cm³/mol. The second-order valence-corrected chi connectivity index (χ2v) is 5.16. The van der Waals surface area contributed by atoms with E-state index in [1.54, 1.807) is 0 Å². The minimum absolute atomic E-state index is 0.0888. The lowest BCUT2D eigenvalue weighted by atomic mass is 9.89. The van der Waals surface area contributed by atoms with Crippen LogP contribution in [0.25, 0.3) is 0 Å². The van der Waals surface area contributed by atoms with Crippen LogP contribution in [0.5, 0.6) is 0 Å². The minimum atomic E-state index is -0.615. The van der Waals surface area contributed by atoms with Gasteiger partial charge in [-0.25, -0.2) is 0 Å². The van der Waals surface area contributed by atoms with Gasteiger partial charge in [0.1, 0.15) is 0 Å². The summed E-state index contributed by atoms with van der Waals surface area (Å²) >= 11 is 0. The van der Waals surface area contributed by atoms with E-state index in [0.29, 0.717) is 6.54 Å². The van der Waals surface area contributed by atoms with Crippen LogP contribution in [0.1, 0.15) is 38.5 Å². The maximum Gasteiger partial charge on any atom is 0.308 e. The highest BCUT2D eigenvalue weighted by molar-refractivity contribution is 5.69. The van der Waals surface area contributed by atoms with Gasteiger partial charge in [-0.3, -0.25) is 4.79 Å². The first-order valence-electron chi connectivity index (χ1n) is 6.55. The Morgan fingerprint density at radius 1 is 1.41 bits per heavy atom. The molecule has 0 aromatic rings. The standard InChI is InChI=1S/C13H25NO3/c1-14(9-11-6-4-3-5-7-11)10-12(15)8-13(16)17-2/h11-12,15H,3-10H2,1-2H3. The summed E-state index contributed by atoms with van der Waals surface area (Å²) in [4.78, 5) is 13.1. The van der Waals surface area contributed by atoms with E-state index in [-0.39, 0.29) is 12.4 Å². The molecule has 1 unspecified atom stereocenters. The molecule has 17 heavy (non-hydrogen) atoms. The summed E-state index contributed by atoms with van der Waals surface area (Å²) in [5, 5.41) is 9.71. The SMILES string of the molecule is COC(=O)CC(O)CN(C)CC1CCCCC1. The highest BCUT2D eigenvalue weighted by Gasteiger charge is 2.18. The van der Waals surface area contributed by atoms with Crippen LogP contribution in [-0.2, 0) is 9.53 Å². The third-order valence-corrected chi connectivity index (χ3v) is 3.45. The molecular formula is C13H25NO3. The molecule has 4 nitrogen and oxygen atoms in total. The number of aliphatic hydroxyl groups is 1. The van der Waals surface area contributed by atoms with Gasteiger partial charge in [0.05, 0.1) is 19.6 Å². The second-order valence-electron chi connectivity index (χ2n) is 5.16. The first-order valence-corrected chi connectivity index (χ1v) is 6.55. The molecule has 1 atom stereocenters. The Morgan fingerprint density at radius 3 is 2.65 bits per heavy atom. The molecule has 0 radical (unpaired) electrons. The van der Waals surface area contributed by atoms with E-state index in [0.717, 1.165) is 12.5 Å². The molecule has 0 heterocycles. The fourth-order valence-corrected chi connectivity index (χ4v) is 2.59. The smallest absolute Gasteiger partial charge is 0.308 e. The Balaban J connectivity index is 2.18. The summed E-state index contributed by atoms with van der Waals surface area (Å²) in [6, 6.07) is 0. The molecule has 1 aliphatic rings. The van der Waals surface area contributed by atoms with Crippen LogP contribution in [0, 0.1) is 5.92 Å². The summed E-state index contributed by atoms with van der Waals surface area (Å²) in [5.41, 5.74) is 0. The van der Waals surface area contributed by atoms with Crippen molar-refractivity contribution in [1.29, 1.82) is 0 Å². The number of methoxy groups -OCH3 is 1. The van der Waals surface area contributed by atoms with Crippen molar-refractivity contribution in [2.45, 2.75) is 44.6 Å². The summed E-state index contributed by atoms with van der Waals surface area (Å²) in [5.74, 6) is 0.419. The van der Waals surface area contributed by atoms with E-state index >= 15 is 0 Å². The van der Waals surface area contributed by atoms with Crippen LogP contribution in [0.15, 0.2) is 0 Å². The van der Waals surface area contributed by atoms with E-state index in [4.69, 9.17) is 0 Å². The summed E-state index contributed by atoms with van der Waals surface area (Å²) in [6.07, 6.45) is 6.12. The molecule has 0 saturated heterocycles. The van der Waals surface area contributed by atoms with Gasteiger partial charge in [0, 0.05) is 13.1 Å². The van der Waals surface area contributed by atoms with Gasteiger partial charge in [-0.05, 0) is 25.8 Å². The Bertz CT molecular complexity index is 227. The number of likely N-dealkylation sites (N-methyl/N-ethyl adjacent to an activating group) is 1. The highest BCUT2D eigenvalue weighted by atomic mass is 16.5. The van der Waals surface area contributed by atoms with E-state index in [2.05, 4.69) is 9.64 Å². The summed E-state index contributed by atoms with van der Waals surface area (Å²) < 4.78 is 4.53. The third kappa shape index (κ3) is 6.03. The van der Waals surface area contributed by atoms with E-state index < -0.39 is 6.10 Å². The minimum Gasteiger partial charge on any atom is -0.469 e. The van der Waals surface area contributed by atoms with Crippen molar-refractivity contribution in [1.82, 2.24) is 4.90 Å². The van der Waals surface area contributed by atoms with Gasteiger partial charge in [0.2, 0.25) is 0 Å². The van der Waals surface area contributed by atoms with Crippen molar-refractivity contribution in [2.24, 2.45) is 5.92 Å². The normalized spacial score (nSPS) is 19.3. The van der Waals surface area contributed by atoms with Crippen LogP contribution < -0.4 is 0 Å². The molecule has 4 heteroatoms. The number of carbonyl (C=O) groups excluding carboxylic acids is 1. The summed E-state index contributed by atoms with van der Waals surface area (Å²) in [7, 11) is 3.36. The third-order valence-electron chi connectivity index (χ3n) is 3.45. The van der Waals surface area contributed by atoms with Gasteiger partial charge in [-0.2, -0.15) is 0 Å². The highest BCUT2D eigenvalue weighted by Crippen LogP contribution is 2.24. The Morgan fingerprint density at radius 2 is 2.06 bits per heavy atom. The van der Waals surface area contributed by atoms with Crippen LogP contribution >= 0.6 is 0 Å². The van der Waals surface area contributed by atoms with E-state index in [9.17, 15) is 9.90 Å². The number of carbonyl (C=O) groups is 1. The topological polar surface area (TPSA) is 49.8 Å². The first kappa shape index (κ1) is 14.5. The van der Waals surface area contributed by atoms with Gasteiger partial charge >= 0.3 is 5.97 Å². The number of hydrogen-bond acceptors (Lipinski definition) is 4. The molecule has 1 fully saturated rings. The summed E-state index contributed by atoms with van der Waals surface area (Å²) in [6.45, 7) is 1.57. The Labute approximate surface area is 104 Å². The lowest BCUT2D eigenvalue weighted by molar-refractivity contribution is -0.143.